The molecule has 2 atom stereocenters. The first-order valence-corrected chi connectivity index (χ1v) is 28.6. The Morgan fingerprint density at radius 1 is 0.617 bits per heavy atom. The van der Waals surface area contributed by atoms with Crippen LogP contribution in [0, 0.1) is 24.7 Å². The summed E-state index contributed by atoms with van der Waals surface area (Å²) in [5.41, 5.74) is 4.77. The summed E-state index contributed by atoms with van der Waals surface area (Å²) in [7, 11) is 0. The number of Topliss-reactive ketones (excluding diaryl/α,β-unsaturated/α-hetero) is 2. The highest BCUT2D eigenvalue weighted by molar-refractivity contribution is 6.32. The number of aromatic nitrogens is 4. The molecule has 4 heterocycles. The van der Waals surface area contributed by atoms with Crippen LogP contribution in [-0.4, -0.2) is 50.5 Å². The molecule has 434 valence electrons. The Morgan fingerprint density at radius 3 is 1.44 bits per heavy atom. The van der Waals surface area contributed by atoms with Crippen LogP contribution in [0.1, 0.15) is 191 Å². The number of nitrogens with zero attached hydrogens (tertiary/aromatic N) is 4. The van der Waals surface area contributed by atoms with Crippen LogP contribution in [0.2, 0.25) is 10.0 Å². The van der Waals surface area contributed by atoms with Gasteiger partial charge in [-0.25, -0.2) is 0 Å². The van der Waals surface area contributed by atoms with E-state index in [1.54, 1.807) is 0 Å². The number of hydrogen-bond acceptors (Lipinski definition) is 12. The smallest absolute Gasteiger partial charge is 0.312 e. The molecule has 3 aromatic carbocycles. The maximum absolute atomic E-state index is 15.0. The number of benzene rings is 3. The van der Waals surface area contributed by atoms with Crippen LogP contribution in [0.15, 0.2) is 97.0 Å². The van der Waals surface area contributed by atoms with Gasteiger partial charge in [-0.1, -0.05) is 140 Å². The van der Waals surface area contributed by atoms with Crippen molar-refractivity contribution < 1.29 is 55.1 Å². The number of ketones is 2. The minimum absolute atomic E-state index is 0.0121. The maximum atomic E-state index is 15.0. The van der Waals surface area contributed by atoms with Gasteiger partial charge < -0.3 is 27.9 Å². The van der Waals surface area contributed by atoms with Gasteiger partial charge in [0.1, 0.15) is 45.9 Å². The molecule has 2 fully saturated rings. The Kier molecular flexibility index (Phi) is 19.4. The molecule has 2 aliphatic carbocycles. The molecule has 0 aliphatic heterocycles. The highest BCUT2D eigenvalue weighted by atomic mass is 35.5. The van der Waals surface area contributed by atoms with Crippen molar-refractivity contribution in [3.05, 3.63) is 151 Å². The Balaban J connectivity index is 0.000000216. The van der Waals surface area contributed by atoms with Crippen LogP contribution in [0.25, 0.3) is 22.8 Å². The lowest BCUT2D eigenvalue weighted by atomic mass is 9.86. The third-order valence-electron chi connectivity index (χ3n) is 15.0. The molecule has 0 spiro atoms. The van der Waals surface area contributed by atoms with Gasteiger partial charge >= 0.3 is 11.8 Å². The molecule has 2 saturated carbocycles. The fourth-order valence-electron chi connectivity index (χ4n) is 9.82. The number of alkyl halides is 4. The lowest BCUT2D eigenvalue weighted by molar-refractivity contribution is -0.122. The van der Waals surface area contributed by atoms with Gasteiger partial charge in [0.05, 0.1) is 6.61 Å². The topological polar surface area (TPSA) is 168 Å². The molecular weight excluding hydrogens is 1090 g/mol. The SMILES string of the molecule is Cc1ccc(CC(=O)C[C@H](CCCO)c2onc(-c3cc(C(F)(F)C(C)(C)C)on3)c2C2CC2)c(Cl)c1.Cc1ccc(CC(=O)C[C@H](CCCOCc2ccccc2)c2onc(-c3cc(C(F)(F)C(C)(C)C)on3)c2C2CC2)c(Cl)c1. The number of carbonyl (C=O) groups excluding carboxylic acids is 2. The van der Waals surface area contributed by atoms with Crippen molar-refractivity contribution in [3.8, 4) is 22.8 Å². The van der Waals surface area contributed by atoms with Crippen molar-refractivity contribution in [2.45, 2.75) is 175 Å². The molecule has 4 aromatic heterocycles. The number of aryl methyl sites for hydroxylation is 2. The van der Waals surface area contributed by atoms with E-state index < -0.39 is 34.2 Å². The summed E-state index contributed by atoms with van der Waals surface area (Å²) >= 11 is 12.8. The van der Waals surface area contributed by atoms with Gasteiger partial charge in [0.25, 0.3) is 0 Å². The monoisotopic (exact) mass is 1160 g/mol. The summed E-state index contributed by atoms with van der Waals surface area (Å²) in [6.07, 6.45) is 6.78. The lowest BCUT2D eigenvalue weighted by Gasteiger charge is -2.27. The molecule has 0 unspecified atom stereocenters. The zero-order chi connectivity index (χ0) is 58.4. The minimum Gasteiger partial charge on any atom is -0.396 e. The van der Waals surface area contributed by atoms with Crippen molar-refractivity contribution >= 4 is 34.8 Å². The van der Waals surface area contributed by atoms with E-state index in [4.69, 9.17) is 46.0 Å². The number of hydrogen-bond donors (Lipinski definition) is 1. The number of rotatable bonds is 25. The van der Waals surface area contributed by atoms with Crippen LogP contribution in [0.3, 0.4) is 0 Å². The largest absolute Gasteiger partial charge is 0.396 e. The highest BCUT2D eigenvalue weighted by Gasteiger charge is 2.50. The molecule has 0 saturated heterocycles. The second kappa shape index (κ2) is 25.7. The Bertz CT molecular complexity index is 3260. The molecule has 2 aliphatic rings. The van der Waals surface area contributed by atoms with E-state index in [1.165, 1.54) is 53.7 Å². The third-order valence-corrected chi connectivity index (χ3v) is 15.7. The van der Waals surface area contributed by atoms with Gasteiger partial charge in [-0.3, -0.25) is 9.59 Å². The van der Waals surface area contributed by atoms with Crippen molar-refractivity contribution in [1.29, 1.82) is 0 Å². The Hall–Kier alpha value is -5.94. The van der Waals surface area contributed by atoms with Gasteiger partial charge in [-0.15, -0.1) is 0 Å². The molecule has 7 aromatic rings. The fraction of sp³-hybridized carbons (Fsp3) is 0.492. The van der Waals surface area contributed by atoms with Gasteiger partial charge in [-0.2, -0.15) is 17.6 Å². The van der Waals surface area contributed by atoms with E-state index in [9.17, 15) is 23.5 Å². The van der Waals surface area contributed by atoms with Crippen molar-refractivity contribution in [2.75, 3.05) is 13.2 Å². The van der Waals surface area contributed by atoms with E-state index in [-0.39, 0.29) is 78.9 Å². The summed E-state index contributed by atoms with van der Waals surface area (Å²) in [5, 5.41) is 27.0. The first-order valence-electron chi connectivity index (χ1n) is 27.8. The van der Waals surface area contributed by atoms with Crippen LogP contribution < -0.4 is 0 Å². The first kappa shape index (κ1) is 61.1. The zero-order valence-electron chi connectivity index (χ0n) is 47.3. The molecule has 12 nitrogen and oxygen atoms in total. The van der Waals surface area contributed by atoms with Gasteiger partial charge in [0, 0.05) is 94.9 Å². The third kappa shape index (κ3) is 15.0. The van der Waals surface area contributed by atoms with E-state index >= 15 is 8.78 Å². The van der Waals surface area contributed by atoms with E-state index in [2.05, 4.69) is 20.6 Å². The van der Waals surface area contributed by atoms with Gasteiger partial charge in [0.15, 0.2) is 0 Å². The predicted molar refractivity (Wildman–Crippen MR) is 301 cm³/mol. The summed E-state index contributed by atoms with van der Waals surface area (Å²) in [5.74, 6) is -6.58. The number of ether oxygens (including phenoxy) is 1. The molecule has 0 amide bonds. The summed E-state index contributed by atoms with van der Waals surface area (Å²) < 4.78 is 87.7. The van der Waals surface area contributed by atoms with E-state index in [0.717, 1.165) is 64.6 Å². The zero-order valence-corrected chi connectivity index (χ0v) is 48.8. The number of aliphatic hydroxyl groups excluding tert-OH is 1. The highest BCUT2D eigenvalue weighted by Crippen LogP contribution is 2.52. The van der Waals surface area contributed by atoms with Crippen molar-refractivity contribution in [3.63, 3.8) is 0 Å². The molecular formula is C63H72Cl2F4N4O8. The standard InChI is InChI=1S/C35H39ClF2N2O4.C28H33ClF2N2O4/c1-22-12-13-25(28(36)17-22)18-27(41)19-26(11-8-16-42-21-23-9-6-5-7-10-23)33-31(24-14-15-24)32(40-44-33)29-20-30(43-39-29)35(37,38)34(2,3)4;1-16-7-8-18(21(29)12-16)13-20(35)14-19(6-5-11-34)26-24(17-9-10-17)25(33-37-26)22-15-23(36-32-22)28(30,31)27(2,3)4/h5-7,9-10,12-13,17,20,24,26H,8,11,14-16,18-19,21H2,1-4H3;7-8,12,15,17,19,34H,5-6,9-11,13-14H2,1-4H3/t26-;19-/m00/s1. The van der Waals surface area contributed by atoms with Crippen LogP contribution in [0.5, 0.6) is 0 Å². The number of carbonyl (C=O) groups is 2. The number of aliphatic hydroxyl groups is 1. The average Bonchev–Trinajstić information content (AvgIpc) is 4.31. The second-order valence-electron chi connectivity index (χ2n) is 23.9. The van der Waals surface area contributed by atoms with Gasteiger partial charge in [0.2, 0.25) is 11.5 Å². The van der Waals surface area contributed by atoms with E-state index in [1.807, 2.05) is 80.6 Å². The molecule has 9 rings (SSSR count). The van der Waals surface area contributed by atoms with Crippen molar-refractivity contribution in [2.24, 2.45) is 10.8 Å². The molecule has 81 heavy (non-hydrogen) atoms. The Morgan fingerprint density at radius 2 is 1.05 bits per heavy atom. The normalized spacial score (nSPS) is 14.9. The van der Waals surface area contributed by atoms with Crippen LogP contribution in [0.4, 0.5) is 17.6 Å². The molecule has 1 N–H and O–H groups in total. The van der Waals surface area contributed by atoms with E-state index in [0.29, 0.717) is 71.9 Å². The van der Waals surface area contributed by atoms with Crippen molar-refractivity contribution in [1.82, 2.24) is 20.6 Å². The minimum atomic E-state index is -3.23. The Labute approximate surface area is 480 Å². The number of halogens is 6. The second-order valence-corrected chi connectivity index (χ2v) is 24.8. The predicted octanol–water partition coefficient (Wildman–Crippen LogP) is 17.0. The molecule has 0 bridgehead atoms. The lowest BCUT2D eigenvalue weighted by Crippen LogP contribution is -2.30. The van der Waals surface area contributed by atoms with Gasteiger partial charge in [-0.05, 0) is 117 Å². The molecule has 18 heteroatoms. The molecule has 0 radical (unpaired) electrons. The summed E-state index contributed by atoms with van der Waals surface area (Å²) in [6, 6.07) is 23.7. The summed E-state index contributed by atoms with van der Waals surface area (Å²) in [6.45, 7) is 13.5. The average molecular weight is 1160 g/mol. The fourth-order valence-corrected chi connectivity index (χ4v) is 10.4. The maximum Gasteiger partial charge on any atom is 0.312 e. The summed E-state index contributed by atoms with van der Waals surface area (Å²) in [4.78, 5) is 26.5. The van der Waals surface area contributed by atoms with Crippen LogP contribution >= 0.6 is 23.2 Å². The quantitative estimate of drug-likeness (QED) is 0.0425. The first-order chi connectivity index (χ1) is 38.4. The van der Waals surface area contributed by atoms with Crippen LogP contribution in [-0.2, 0) is 45.6 Å².